The van der Waals surface area contributed by atoms with Gasteiger partial charge in [-0.15, -0.1) is 0 Å². The molecule has 2 aromatic rings. The highest BCUT2D eigenvalue weighted by Gasteiger charge is 2.11. The fourth-order valence-electron chi connectivity index (χ4n) is 1.78. The average Bonchev–Trinajstić information content (AvgIpc) is 2.47. The average molecular weight is 274 g/mol. The lowest BCUT2D eigenvalue weighted by molar-refractivity contribution is 0.0600. The Balaban J connectivity index is 2.43. The lowest BCUT2D eigenvalue weighted by Crippen LogP contribution is -2.01. The molecule has 0 amide bonds. The molecule has 1 N–H and O–H groups in total. The summed E-state index contributed by atoms with van der Waals surface area (Å²) in [5, 5.41) is 8.91. The van der Waals surface area contributed by atoms with Crippen molar-refractivity contribution in [1.82, 2.24) is 0 Å². The van der Waals surface area contributed by atoms with Crippen LogP contribution < -0.4 is 0 Å². The molecule has 0 aliphatic carbocycles. The maximum Gasteiger partial charge on any atom is 0.337 e. The van der Waals surface area contributed by atoms with E-state index in [1.54, 1.807) is 0 Å². The predicted octanol–water partition coefficient (Wildman–Crippen LogP) is 2.98. The third-order valence-corrected chi connectivity index (χ3v) is 2.83. The normalized spacial score (nSPS) is 10.1. The van der Waals surface area contributed by atoms with E-state index < -0.39 is 17.8 Å². The summed E-state index contributed by atoms with van der Waals surface area (Å²) >= 11 is 0. The van der Waals surface area contributed by atoms with Gasteiger partial charge in [0.1, 0.15) is 5.82 Å². The zero-order valence-electron chi connectivity index (χ0n) is 10.6. The number of carboxylic acid groups (broad SMARTS) is 1. The number of ether oxygens (including phenoxy) is 1. The highest BCUT2D eigenvalue weighted by atomic mass is 19.1. The molecule has 4 nitrogen and oxygen atoms in total. The van der Waals surface area contributed by atoms with E-state index in [1.165, 1.54) is 43.5 Å². The number of rotatable bonds is 3. The molecular formula is C15H11FO4. The van der Waals surface area contributed by atoms with E-state index in [4.69, 9.17) is 5.11 Å². The second-order valence-electron chi connectivity index (χ2n) is 4.07. The van der Waals surface area contributed by atoms with Gasteiger partial charge in [-0.3, -0.25) is 0 Å². The highest BCUT2D eigenvalue weighted by Crippen LogP contribution is 2.24. The largest absolute Gasteiger partial charge is 0.478 e. The molecular weight excluding hydrogens is 263 g/mol. The monoisotopic (exact) mass is 274 g/mol. The molecule has 0 aliphatic rings. The van der Waals surface area contributed by atoms with E-state index in [9.17, 15) is 14.0 Å². The van der Waals surface area contributed by atoms with E-state index in [-0.39, 0.29) is 11.1 Å². The van der Waals surface area contributed by atoms with Gasteiger partial charge in [-0.25, -0.2) is 14.0 Å². The van der Waals surface area contributed by atoms with Crippen LogP contribution in [0.5, 0.6) is 0 Å². The molecule has 2 aromatic carbocycles. The quantitative estimate of drug-likeness (QED) is 0.874. The van der Waals surface area contributed by atoms with Crippen LogP contribution in [0.3, 0.4) is 0 Å². The van der Waals surface area contributed by atoms with Crippen LogP contribution in [-0.2, 0) is 4.74 Å². The topological polar surface area (TPSA) is 63.6 Å². The Morgan fingerprint density at radius 3 is 2.20 bits per heavy atom. The van der Waals surface area contributed by atoms with E-state index >= 15 is 0 Å². The number of hydrogen-bond acceptors (Lipinski definition) is 3. The van der Waals surface area contributed by atoms with Crippen molar-refractivity contribution < 1.29 is 23.8 Å². The Kier molecular flexibility index (Phi) is 3.79. The Bertz CT molecular complexity index is 662. The summed E-state index contributed by atoms with van der Waals surface area (Å²) in [4.78, 5) is 22.2. The van der Waals surface area contributed by atoms with Crippen molar-refractivity contribution in [2.24, 2.45) is 0 Å². The molecule has 0 saturated heterocycles. The van der Waals surface area contributed by atoms with Gasteiger partial charge in [-0.2, -0.15) is 0 Å². The summed E-state index contributed by atoms with van der Waals surface area (Å²) in [5.41, 5.74) is 0.990. The molecule has 2 rings (SSSR count). The van der Waals surface area contributed by atoms with Gasteiger partial charge in [0.05, 0.1) is 18.2 Å². The van der Waals surface area contributed by atoms with Crippen LogP contribution in [0.4, 0.5) is 4.39 Å². The molecule has 0 saturated carbocycles. The van der Waals surface area contributed by atoms with Gasteiger partial charge in [0, 0.05) is 5.56 Å². The first-order chi connectivity index (χ1) is 9.52. The maximum atomic E-state index is 13.8. The highest BCUT2D eigenvalue weighted by molar-refractivity contribution is 5.91. The maximum absolute atomic E-state index is 13.8. The summed E-state index contributed by atoms with van der Waals surface area (Å²) in [7, 11) is 1.27. The molecule has 20 heavy (non-hydrogen) atoms. The number of halogens is 1. The van der Waals surface area contributed by atoms with Crippen molar-refractivity contribution in [2.45, 2.75) is 0 Å². The van der Waals surface area contributed by atoms with Gasteiger partial charge >= 0.3 is 11.9 Å². The summed E-state index contributed by atoms with van der Waals surface area (Å²) < 4.78 is 18.3. The Labute approximate surface area is 114 Å². The van der Waals surface area contributed by atoms with Gasteiger partial charge in [0.25, 0.3) is 0 Å². The minimum absolute atomic E-state index is 0.00144. The molecule has 0 aliphatic heterocycles. The van der Waals surface area contributed by atoms with E-state index in [0.29, 0.717) is 11.1 Å². The molecule has 0 atom stereocenters. The van der Waals surface area contributed by atoms with E-state index in [2.05, 4.69) is 4.74 Å². The molecule has 0 spiro atoms. The number of carbonyl (C=O) groups excluding carboxylic acids is 1. The first-order valence-corrected chi connectivity index (χ1v) is 5.74. The number of hydrogen-bond donors (Lipinski definition) is 1. The zero-order valence-corrected chi connectivity index (χ0v) is 10.6. The molecule has 0 unspecified atom stereocenters. The van der Waals surface area contributed by atoms with Crippen molar-refractivity contribution in [1.29, 1.82) is 0 Å². The zero-order chi connectivity index (χ0) is 14.7. The van der Waals surface area contributed by atoms with Gasteiger partial charge in [-0.05, 0) is 35.9 Å². The Hall–Kier alpha value is -2.69. The second-order valence-corrected chi connectivity index (χ2v) is 4.07. The molecule has 102 valence electrons. The van der Waals surface area contributed by atoms with Crippen molar-refractivity contribution >= 4 is 11.9 Å². The van der Waals surface area contributed by atoms with Crippen molar-refractivity contribution in [2.75, 3.05) is 7.11 Å². The van der Waals surface area contributed by atoms with Crippen LogP contribution in [0.15, 0.2) is 42.5 Å². The minimum atomic E-state index is -1.13. The van der Waals surface area contributed by atoms with Crippen LogP contribution in [0.2, 0.25) is 0 Å². The lowest BCUT2D eigenvalue weighted by Gasteiger charge is -2.06. The SMILES string of the molecule is COC(=O)c1ccc(-c2cc(C(=O)O)ccc2F)cc1. The summed E-state index contributed by atoms with van der Waals surface area (Å²) in [5.74, 6) is -2.14. The smallest absolute Gasteiger partial charge is 0.337 e. The van der Waals surface area contributed by atoms with Crippen LogP contribution >= 0.6 is 0 Å². The number of methoxy groups -OCH3 is 1. The minimum Gasteiger partial charge on any atom is -0.478 e. The molecule has 0 aromatic heterocycles. The van der Waals surface area contributed by atoms with Crippen molar-refractivity contribution in [3.05, 3.63) is 59.4 Å². The molecule has 0 bridgehead atoms. The van der Waals surface area contributed by atoms with Gasteiger partial charge in [0.15, 0.2) is 0 Å². The third kappa shape index (κ3) is 2.66. The van der Waals surface area contributed by atoms with E-state index in [1.807, 2.05) is 0 Å². The fourth-order valence-corrected chi connectivity index (χ4v) is 1.78. The molecule has 0 heterocycles. The fraction of sp³-hybridized carbons (Fsp3) is 0.0667. The first-order valence-electron chi connectivity index (χ1n) is 5.74. The molecule has 5 heteroatoms. The number of carbonyl (C=O) groups is 2. The van der Waals surface area contributed by atoms with Gasteiger partial charge in [0.2, 0.25) is 0 Å². The van der Waals surface area contributed by atoms with Crippen LogP contribution in [0.25, 0.3) is 11.1 Å². The summed E-state index contributed by atoms with van der Waals surface area (Å²) in [6.07, 6.45) is 0. The van der Waals surface area contributed by atoms with Gasteiger partial charge in [-0.1, -0.05) is 12.1 Å². The number of benzene rings is 2. The number of carboxylic acids is 1. The van der Waals surface area contributed by atoms with Crippen molar-refractivity contribution in [3.8, 4) is 11.1 Å². The Morgan fingerprint density at radius 1 is 1.05 bits per heavy atom. The number of esters is 1. The summed E-state index contributed by atoms with van der Waals surface area (Å²) in [6, 6.07) is 9.62. The van der Waals surface area contributed by atoms with Crippen LogP contribution in [0, 0.1) is 5.82 Å². The van der Waals surface area contributed by atoms with E-state index in [0.717, 1.165) is 6.07 Å². The Morgan fingerprint density at radius 2 is 1.65 bits per heavy atom. The standard InChI is InChI=1S/C15H11FO4/c1-20-15(19)10-4-2-9(3-5-10)12-8-11(14(17)18)6-7-13(12)16/h2-8H,1H3,(H,17,18). The van der Waals surface area contributed by atoms with Crippen LogP contribution in [-0.4, -0.2) is 24.2 Å². The molecule has 0 radical (unpaired) electrons. The lowest BCUT2D eigenvalue weighted by atomic mass is 10.0. The van der Waals surface area contributed by atoms with Gasteiger partial charge < -0.3 is 9.84 Å². The van der Waals surface area contributed by atoms with Crippen LogP contribution in [0.1, 0.15) is 20.7 Å². The molecule has 0 fully saturated rings. The second kappa shape index (κ2) is 5.52. The predicted molar refractivity (Wildman–Crippen MR) is 70.1 cm³/mol. The third-order valence-electron chi connectivity index (χ3n) is 2.83. The number of aromatic carboxylic acids is 1. The van der Waals surface area contributed by atoms with Crippen molar-refractivity contribution in [3.63, 3.8) is 0 Å². The summed E-state index contributed by atoms with van der Waals surface area (Å²) in [6.45, 7) is 0. The first kappa shape index (κ1) is 13.7.